The van der Waals surface area contributed by atoms with Crippen LogP contribution in [0.4, 0.5) is 0 Å². The van der Waals surface area contributed by atoms with E-state index in [1.54, 1.807) is 0 Å². The normalized spacial score (nSPS) is 14.0. The standard InChI is InChI=1S/C18H22ClN/c1-4-18(15-11-9-13(2)10-12-15)20-14(3)16-7-5-6-8-17(16)19/h5-12,14,18,20H,4H2,1-3H3. The van der Waals surface area contributed by atoms with Gasteiger partial charge in [0.1, 0.15) is 0 Å². The van der Waals surface area contributed by atoms with Crippen molar-refractivity contribution in [2.24, 2.45) is 0 Å². The van der Waals surface area contributed by atoms with Crippen molar-refractivity contribution in [3.8, 4) is 0 Å². The van der Waals surface area contributed by atoms with E-state index in [1.807, 2.05) is 18.2 Å². The molecule has 0 saturated carbocycles. The second-order valence-electron chi connectivity index (χ2n) is 5.28. The summed E-state index contributed by atoms with van der Waals surface area (Å²) in [6.07, 6.45) is 1.05. The van der Waals surface area contributed by atoms with Crippen molar-refractivity contribution >= 4 is 11.6 Å². The Morgan fingerprint density at radius 3 is 2.30 bits per heavy atom. The van der Waals surface area contributed by atoms with Gasteiger partial charge < -0.3 is 5.32 Å². The van der Waals surface area contributed by atoms with Gasteiger partial charge in [0.25, 0.3) is 0 Å². The van der Waals surface area contributed by atoms with E-state index in [2.05, 4.69) is 56.4 Å². The first-order valence-electron chi connectivity index (χ1n) is 7.19. The molecule has 0 bridgehead atoms. The van der Waals surface area contributed by atoms with Gasteiger partial charge in [-0.15, -0.1) is 0 Å². The summed E-state index contributed by atoms with van der Waals surface area (Å²) in [6.45, 7) is 6.49. The van der Waals surface area contributed by atoms with Crippen LogP contribution in [0.3, 0.4) is 0 Å². The van der Waals surface area contributed by atoms with Crippen molar-refractivity contribution in [2.45, 2.75) is 39.3 Å². The molecule has 2 atom stereocenters. The van der Waals surface area contributed by atoms with Crippen LogP contribution in [0.1, 0.15) is 49.0 Å². The summed E-state index contributed by atoms with van der Waals surface area (Å²) >= 11 is 6.27. The number of rotatable bonds is 5. The van der Waals surface area contributed by atoms with E-state index >= 15 is 0 Å². The zero-order chi connectivity index (χ0) is 14.5. The average molecular weight is 288 g/mol. The van der Waals surface area contributed by atoms with Gasteiger partial charge in [-0.05, 0) is 37.5 Å². The minimum Gasteiger partial charge on any atom is -0.303 e. The first-order valence-corrected chi connectivity index (χ1v) is 7.56. The van der Waals surface area contributed by atoms with E-state index in [0.717, 1.165) is 17.0 Å². The van der Waals surface area contributed by atoms with Crippen LogP contribution < -0.4 is 5.32 Å². The van der Waals surface area contributed by atoms with Crippen molar-refractivity contribution in [3.05, 3.63) is 70.2 Å². The minimum absolute atomic E-state index is 0.231. The van der Waals surface area contributed by atoms with Crippen molar-refractivity contribution in [3.63, 3.8) is 0 Å². The molecule has 0 aliphatic heterocycles. The van der Waals surface area contributed by atoms with Gasteiger partial charge in [-0.25, -0.2) is 0 Å². The van der Waals surface area contributed by atoms with Crippen molar-refractivity contribution in [1.82, 2.24) is 5.32 Å². The maximum atomic E-state index is 6.27. The molecule has 2 heteroatoms. The zero-order valence-electron chi connectivity index (χ0n) is 12.4. The molecule has 0 amide bonds. The molecule has 2 unspecified atom stereocenters. The van der Waals surface area contributed by atoms with Gasteiger partial charge in [0.05, 0.1) is 0 Å². The molecule has 20 heavy (non-hydrogen) atoms. The summed E-state index contributed by atoms with van der Waals surface area (Å²) in [4.78, 5) is 0. The van der Waals surface area contributed by atoms with Gasteiger partial charge in [0.2, 0.25) is 0 Å². The monoisotopic (exact) mass is 287 g/mol. The maximum Gasteiger partial charge on any atom is 0.0453 e. The SMILES string of the molecule is CCC(NC(C)c1ccccc1Cl)c1ccc(C)cc1. The molecule has 0 radical (unpaired) electrons. The molecule has 0 heterocycles. The Hall–Kier alpha value is -1.31. The number of hydrogen-bond acceptors (Lipinski definition) is 1. The quantitative estimate of drug-likeness (QED) is 0.771. The summed E-state index contributed by atoms with van der Waals surface area (Å²) < 4.78 is 0. The molecule has 0 fully saturated rings. The Labute approximate surface area is 127 Å². The predicted octanol–water partition coefficient (Wildman–Crippen LogP) is 5.45. The number of benzene rings is 2. The zero-order valence-corrected chi connectivity index (χ0v) is 13.1. The van der Waals surface area contributed by atoms with Crippen LogP contribution in [0.25, 0.3) is 0 Å². The van der Waals surface area contributed by atoms with E-state index in [1.165, 1.54) is 11.1 Å². The van der Waals surface area contributed by atoms with Crippen LogP contribution in [0.15, 0.2) is 48.5 Å². The molecule has 0 aliphatic carbocycles. The van der Waals surface area contributed by atoms with E-state index < -0.39 is 0 Å². The lowest BCUT2D eigenvalue weighted by atomic mass is 10.0. The molecule has 2 rings (SSSR count). The van der Waals surface area contributed by atoms with Crippen LogP contribution in [0, 0.1) is 6.92 Å². The fourth-order valence-corrected chi connectivity index (χ4v) is 2.77. The van der Waals surface area contributed by atoms with E-state index in [0.29, 0.717) is 6.04 Å². The smallest absolute Gasteiger partial charge is 0.0453 e. The predicted molar refractivity (Wildman–Crippen MR) is 87.2 cm³/mol. The van der Waals surface area contributed by atoms with Crippen molar-refractivity contribution in [2.75, 3.05) is 0 Å². The second-order valence-corrected chi connectivity index (χ2v) is 5.69. The van der Waals surface area contributed by atoms with Gasteiger partial charge in [0, 0.05) is 17.1 Å². The topological polar surface area (TPSA) is 12.0 Å². The summed E-state index contributed by atoms with van der Waals surface area (Å²) in [5.74, 6) is 0. The molecule has 0 aromatic heterocycles. The highest BCUT2D eigenvalue weighted by Gasteiger charge is 2.15. The fourth-order valence-electron chi connectivity index (χ4n) is 2.47. The van der Waals surface area contributed by atoms with Crippen LogP contribution in [0.5, 0.6) is 0 Å². The highest BCUT2D eigenvalue weighted by atomic mass is 35.5. The third-order valence-electron chi connectivity index (χ3n) is 3.71. The lowest BCUT2D eigenvalue weighted by Crippen LogP contribution is -2.24. The third-order valence-corrected chi connectivity index (χ3v) is 4.06. The molecule has 2 aromatic carbocycles. The van der Waals surface area contributed by atoms with Crippen LogP contribution >= 0.6 is 11.6 Å². The van der Waals surface area contributed by atoms with Crippen molar-refractivity contribution in [1.29, 1.82) is 0 Å². The first-order chi connectivity index (χ1) is 9.61. The average Bonchev–Trinajstić information content (AvgIpc) is 2.46. The van der Waals surface area contributed by atoms with Gasteiger partial charge in [-0.2, -0.15) is 0 Å². The molecule has 1 nitrogen and oxygen atoms in total. The summed E-state index contributed by atoms with van der Waals surface area (Å²) in [5.41, 5.74) is 3.78. The number of aryl methyl sites for hydroxylation is 1. The maximum absolute atomic E-state index is 6.27. The lowest BCUT2D eigenvalue weighted by molar-refractivity contribution is 0.456. The molecule has 0 spiro atoms. The Morgan fingerprint density at radius 2 is 1.70 bits per heavy atom. The van der Waals surface area contributed by atoms with Crippen LogP contribution in [-0.4, -0.2) is 0 Å². The van der Waals surface area contributed by atoms with Crippen molar-refractivity contribution < 1.29 is 0 Å². The van der Waals surface area contributed by atoms with E-state index in [4.69, 9.17) is 11.6 Å². The highest BCUT2D eigenvalue weighted by molar-refractivity contribution is 6.31. The van der Waals surface area contributed by atoms with E-state index in [-0.39, 0.29) is 6.04 Å². The third kappa shape index (κ3) is 3.62. The fraction of sp³-hybridized carbons (Fsp3) is 0.333. The first kappa shape index (κ1) is 15.1. The Kier molecular flexibility index (Phi) is 5.22. The molecule has 1 N–H and O–H groups in total. The molecular formula is C18H22ClN. The highest BCUT2D eigenvalue weighted by Crippen LogP contribution is 2.26. The number of hydrogen-bond donors (Lipinski definition) is 1. The Morgan fingerprint density at radius 1 is 1.05 bits per heavy atom. The Balaban J connectivity index is 2.14. The second kappa shape index (κ2) is 6.92. The largest absolute Gasteiger partial charge is 0.303 e. The van der Waals surface area contributed by atoms with Gasteiger partial charge >= 0.3 is 0 Å². The Bertz CT molecular complexity index is 548. The molecule has 2 aromatic rings. The molecular weight excluding hydrogens is 266 g/mol. The summed E-state index contributed by atoms with van der Waals surface area (Å²) in [5, 5.41) is 4.50. The summed E-state index contributed by atoms with van der Waals surface area (Å²) in [7, 11) is 0. The van der Waals surface area contributed by atoms with Crippen LogP contribution in [0.2, 0.25) is 5.02 Å². The summed E-state index contributed by atoms with van der Waals surface area (Å²) in [6, 6.07) is 17.4. The number of halogens is 1. The van der Waals surface area contributed by atoms with Gasteiger partial charge in [0.15, 0.2) is 0 Å². The lowest BCUT2D eigenvalue weighted by Gasteiger charge is -2.24. The number of nitrogens with one attached hydrogen (secondary N) is 1. The van der Waals surface area contributed by atoms with E-state index in [9.17, 15) is 0 Å². The van der Waals surface area contributed by atoms with Gasteiger partial charge in [-0.3, -0.25) is 0 Å². The van der Waals surface area contributed by atoms with Crippen LogP contribution in [-0.2, 0) is 0 Å². The molecule has 0 aliphatic rings. The molecule has 0 saturated heterocycles. The van der Waals surface area contributed by atoms with Gasteiger partial charge in [-0.1, -0.05) is 66.6 Å². The molecule has 106 valence electrons. The minimum atomic E-state index is 0.231.